The summed E-state index contributed by atoms with van der Waals surface area (Å²) < 4.78 is 13.0. The average molecular weight is 479 g/mol. The molecule has 2 aromatic heterocycles. The molecule has 178 valence electrons. The van der Waals surface area contributed by atoms with E-state index in [2.05, 4.69) is 20.8 Å². The van der Waals surface area contributed by atoms with Crippen molar-refractivity contribution < 1.29 is 9.18 Å². The van der Waals surface area contributed by atoms with Crippen LogP contribution >= 0.6 is 0 Å². The normalized spacial score (nSPS) is 17.4. The van der Waals surface area contributed by atoms with E-state index in [1.54, 1.807) is 12.3 Å². The molecular weight excluding hydrogens is 455 g/mol. The fourth-order valence-electron chi connectivity index (χ4n) is 4.33. The summed E-state index contributed by atoms with van der Waals surface area (Å²) in [6.07, 6.45) is 4.98. The van der Waals surface area contributed by atoms with E-state index >= 15 is 0 Å². The number of aromatic nitrogens is 4. The Kier molecular flexibility index (Phi) is 5.61. The zero-order chi connectivity index (χ0) is 24.5. The van der Waals surface area contributed by atoms with Gasteiger partial charge in [0, 0.05) is 34.1 Å². The fraction of sp³-hybridized carbons (Fsp3) is 0.143. The van der Waals surface area contributed by atoms with Gasteiger partial charge in [-0.3, -0.25) is 9.89 Å². The molecule has 1 aliphatic rings. The lowest BCUT2D eigenvalue weighted by atomic mass is 9.91. The predicted octanol–water partition coefficient (Wildman–Crippen LogP) is 5.55. The molecule has 36 heavy (non-hydrogen) atoms. The molecule has 0 aliphatic heterocycles. The first-order chi connectivity index (χ1) is 17.6. The van der Waals surface area contributed by atoms with Crippen molar-refractivity contribution in [3.05, 3.63) is 84.6 Å². The minimum absolute atomic E-state index is 0.0744. The van der Waals surface area contributed by atoms with Crippen LogP contribution in [-0.4, -0.2) is 38.3 Å². The number of fused-ring (bicyclic) bond motifs is 2. The topological polar surface area (TPSA) is 95.6 Å². The van der Waals surface area contributed by atoms with Crippen molar-refractivity contribution in [3.63, 3.8) is 0 Å². The van der Waals surface area contributed by atoms with Gasteiger partial charge in [-0.15, -0.1) is 0 Å². The summed E-state index contributed by atoms with van der Waals surface area (Å²) in [7, 11) is 0. The number of nitrogens with zero attached hydrogens (tertiary/aromatic N) is 3. The summed E-state index contributed by atoms with van der Waals surface area (Å²) in [5.74, 6) is 1.05. The molecule has 1 saturated carbocycles. The Morgan fingerprint density at radius 1 is 1.03 bits per heavy atom. The summed E-state index contributed by atoms with van der Waals surface area (Å²) in [5.41, 5.74) is 4.35. The van der Waals surface area contributed by atoms with Gasteiger partial charge in [-0.25, -0.2) is 14.4 Å². The number of carbonyl (C=O) groups excluding carboxylic acids is 1. The maximum atomic E-state index is 13.0. The SMILES string of the molecule is O=C(/C=C/c1cccc(-c2nc(Nc3ccc4[nH]ncc4c3)c3ccccc3n2)c1)NC1CC(F)C1. The van der Waals surface area contributed by atoms with Crippen molar-refractivity contribution in [1.82, 2.24) is 25.5 Å². The molecule has 0 saturated heterocycles. The van der Waals surface area contributed by atoms with Crippen molar-refractivity contribution in [3.8, 4) is 11.4 Å². The van der Waals surface area contributed by atoms with Crippen LogP contribution in [0.25, 0.3) is 39.3 Å². The van der Waals surface area contributed by atoms with E-state index in [0.29, 0.717) is 24.5 Å². The molecule has 3 aromatic carbocycles. The average Bonchev–Trinajstić information content (AvgIpc) is 3.35. The van der Waals surface area contributed by atoms with Gasteiger partial charge in [-0.1, -0.05) is 30.3 Å². The number of rotatable bonds is 6. The Hall–Kier alpha value is -4.59. The highest BCUT2D eigenvalue weighted by atomic mass is 19.1. The van der Waals surface area contributed by atoms with Crippen LogP contribution in [0.3, 0.4) is 0 Å². The first-order valence-electron chi connectivity index (χ1n) is 11.8. The van der Waals surface area contributed by atoms with Gasteiger partial charge >= 0.3 is 0 Å². The number of halogens is 1. The van der Waals surface area contributed by atoms with Crippen LogP contribution in [0.15, 0.2) is 79.0 Å². The van der Waals surface area contributed by atoms with Crippen LogP contribution in [0.4, 0.5) is 15.9 Å². The summed E-state index contributed by atoms with van der Waals surface area (Å²) in [4.78, 5) is 21.8. The van der Waals surface area contributed by atoms with Crippen molar-refractivity contribution in [2.45, 2.75) is 25.1 Å². The molecule has 3 N–H and O–H groups in total. The maximum absolute atomic E-state index is 13.0. The molecule has 2 heterocycles. The van der Waals surface area contributed by atoms with Crippen LogP contribution in [0, 0.1) is 0 Å². The maximum Gasteiger partial charge on any atom is 0.244 e. The van der Waals surface area contributed by atoms with E-state index in [4.69, 9.17) is 9.97 Å². The minimum Gasteiger partial charge on any atom is -0.350 e. The van der Waals surface area contributed by atoms with E-state index in [9.17, 15) is 9.18 Å². The van der Waals surface area contributed by atoms with Crippen LogP contribution in [0.5, 0.6) is 0 Å². The number of para-hydroxylation sites is 1. The van der Waals surface area contributed by atoms with Crippen LogP contribution in [-0.2, 0) is 4.79 Å². The lowest BCUT2D eigenvalue weighted by Gasteiger charge is -2.29. The quantitative estimate of drug-likeness (QED) is 0.278. The van der Waals surface area contributed by atoms with E-state index in [0.717, 1.165) is 38.6 Å². The second-order valence-corrected chi connectivity index (χ2v) is 8.94. The molecule has 0 atom stereocenters. The fourth-order valence-corrected chi connectivity index (χ4v) is 4.33. The van der Waals surface area contributed by atoms with Crippen LogP contribution in [0.2, 0.25) is 0 Å². The van der Waals surface area contributed by atoms with Crippen molar-refractivity contribution in [2.75, 3.05) is 5.32 Å². The van der Waals surface area contributed by atoms with Gasteiger partial charge in [-0.2, -0.15) is 5.10 Å². The van der Waals surface area contributed by atoms with Gasteiger partial charge in [0.15, 0.2) is 5.82 Å². The number of hydrogen-bond donors (Lipinski definition) is 3. The number of nitrogens with one attached hydrogen (secondary N) is 3. The molecule has 0 radical (unpaired) electrons. The number of anilines is 2. The third-order valence-electron chi connectivity index (χ3n) is 6.31. The summed E-state index contributed by atoms with van der Waals surface area (Å²) in [5, 5.41) is 15.2. The molecule has 1 aliphatic carbocycles. The third kappa shape index (κ3) is 4.53. The molecule has 5 aromatic rings. The number of hydrogen-bond acceptors (Lipinski definition) is 5. The molecular formula is C28H23FN6O. The third-order valence-corrected chi connectivity index (χ3v) is 6.31. The van der Waals surface area contributed by atoms with Gasteiger partial charge in [0.25, 0.3) is 0 Å². The number of benzene rings is 3. The van der Waals surface area contributed by atoms with E-state index in [1.807, 2.05) is 66.7 Å². The molecule has 1 fully saturated rings. The van der Waals surface area contributed by atoms with E-state index < -0.39 is 6.17 Å². The molecule has 8 heteroatoms. The van der Waals surface area contributed by atoms with Crippen molar-refractivity contribution in [1.29, 1.82) is 0 Å². The van der Waals surface area contributed by atoms with Gasteiger partial charge in [-0.05, 0) is 60.9 Å². The predicted molar refractivity (Wildman–Crippen MR) is 139 cm³/mol. The second-order valence-electron chi connectivity index (χ2n) is 8.94. The van der Waals surface area contributed by atoms with Crippen molar-refractivity contribution >= 4 is 45.3 Å². The van der Waals surface area contributed by atoms with Gasteiger partial charge < -0.3 is 10.6 Å². The summed E-state index contributed by atoms with van der Waals surface area (Å²) >= 11 is 0. The number of amides is 1. The van der Waals surface area contributed by atoms with Crippen molar-refractivity contribution in [2.24, 2.45) is 0 Å². The molecule has 1 amide bonds. The number of alkyl halides is 1. The first-order valence-corrected chi connectivity index (χ1v) is 11.8. The summed E-state index contributed by atoms with van der Waals surface area (Å²) in [6.45, 7) is 0. The first kappa shape index (κ1) is 21.9. The van der Waals surface area contributed by atoms with Gasteiger partial charge in [0.05, 0.1) is 17.2 Å². The standard InChI is InChI=1S/C28H23FN6O/c29-20-14-22(15-20)31-26(36)11-8-17-4-3-5-18(12-17)27-33-25-7-2-1-6-23(25)28(34-27)32-21-9-10-24-19(13-21)16-30-35-24/h1-13,16,20,22H,14-15H2,(H,30,35)(H,31,36)(H,32,33,34)/b11-8+. The monoisotopic (exact) mass is 478 g/mol. The lowest BCUT2D eigenvalue weighted by Crippen LogP contribution is -2.44. The summed E-state index contributed by atoms with van der Waals surface area (Å²) in [6, 6.07) is 21.5. The highest BCUT2D eigenvalue weighted by Gasteiger charge is 2.29. The minimum atomic E-state index is -0.800. The Balaban J connectivity index is 1.29. The molecule has 6 rings (SSSR count). The molecule has 7 nitrogen and oxygen atoms in total. The van der Waals surface area contributed by atoms with Crippen LogP contribution < -0.4 is 10.6 Å². The number of H-pyrrole nitrogens is 1. The molecule has 0 unspecified atom stereocenters. The zero-order valence-corrected chi connectivity index (χ0v) is 19.3. The second kappa shape index (κ2) is 9.22. The van der Waals surface area contributed by atoms with Crippen LogP contribution in [0.1, 0.15) is 18.4 Å². The molecule has 0 spiro atoms. The number of carbonyl (C=O) groups is 1. The number of aromatic amines is 1. The molecule has 0 bridgehead atoms. The highest BCUT2D eigenvalue weighted by molar-refractivity contribution is 5.94. The van der Waals surface area contributed by atoms with E-state index in [1.165, 1.54) is 6.08 Å². The smallest absolute Gasteiger partial charge is 0.244 e. The van der Waals surface area contributed by atoms with E-state index in [-0.39, 0.29) is 11.9 Å². The largest absolute Gasteiger partial charge is 0.350 e. The zero-order valence-electron chi connectivity index (χ0n) is 19.3. The Labute approximate surface area is 206 Å². The van der Waals surface area contributed by atoms with Gasteiger partial charge in [0.2, 0.25) is 5.91 Å². The Morgan fingerprint density at radius 3 is 2.81 bits per heavy atom. The lowest BCUT2D eigenvalue weighted by molar-refractivity contribution is -0.118. The Bertz CT molecular complexity index is 1600. The van der Waals surface area contributed by atoms with Gasteiger partial charge in [0.1, 0.15) is 12.0 Å². The highest BCUT2D eigenvalue weighted by Crippen LogP contribution is 2.29. The Morgan fingerprint density at radius 2 is 1.92 bits per heavy atom.